The van der Waals surface area contributed by atoms with Crippen molar-refractivity contribution >= 4 is 27.5 Å². The molecule has 0 aliphatic rings. The van der Waals surface area contributed by atoms with E-state index in [0.717, 1.165) is 33.7 Å². The first-order chi connectivity index (χ1) is 16.5. The lowest BCUT2D eigenvalue weighted by atomic mass is 10.1. The van der Waals surface area contributed by atoms with Crippen molar-refractivity contribution in [2.24, 2.45) is 0 Å². The van der Waals surface area contributed by atoms with Gasteiger partial charge in [0, 0.05) is 13.1 Å². The van der Waals surface area contributed by atoms with Crippen LogP contribution in [0.15, 0.2) is 42.5 Å². The average molecular weight is 504 g/mol. The maximum atomic E-state index is 13.7. The van der Waals surface area contributed by atoms with Crippen molar-refractivity contribution in [2.75, 3.05) is 30.8 Å². The number of carbonyl (C=O) groups excluding carboxylic acids is 2. The van der Waals surface area contributed by atoms with Crippen LogP contribution < -0.4 is 14.4 Å². The molecule has 0 heterocycles. The molecule has 8 nitrogen and oxygen atoms in total. The summed E-state index contributed by atoms with van der Waals surface area (Å²) in [6.07, 6.45) is 2.23. The third kappa shape index (κ3) is 7.45. The molecule has 0 radical (unpaired) electrons. The highest BCUT2D eigenvalue weighted by Gasteiger charge is 2.32. The second-order valence-corrected chi connectivity index (χ2v) is 10.5. The molecule has 0 unspecified atom stereocenters. The number of ether oxygens (including phenoxy) is 1. The largest absolute Gasteiger partial charge is 0.497 e. The fraction of sp³-hybridized carbons (Fsp3) is 0.462. The first-order valence-electron chi connectivity index (χ1n) is 11.8. The molecule has 2 aromatic rings. The second kappa shape index (κ2) is 12.6. The van der Waals surface area contributed by atoms with Gasteiger partial charge in [0.25, 0.3) is 0 Å². The Kier molecular flexibility index (Phi) is 10.1. The Bertz CT molecular complexity index is 1130. The minimum absolute atomic E-state index is 0.137. The third-order valence-electron chi connectivity index (χ3n) is 5.95. The molecule has 0 aliphatic carbocycles. The van der Waals surface area contributed by atoms with E-state index in [1.165, 1.54) is 4.90 Å². The van der Waals surface area contributed by atoms with E-state index in [9.17, 15) is 18.0 Å². The molecule has 9 heteroatoms. The van der Waals surface area contributed by atoms with E-state index in [0.29, 0.717) is 24.4 Å². The SMILES string of the molecule is CCCNC(=O)[C@H](CC)N(Cc1cccc(OC)c1)C(=O)CN(c1cccc(C)c1C)S(C)(=O)=O. The molecule has 0 fully saturated rings. The lowest BCUT2D eigenvalue weighted by Gasteiger charge is -2.33. The first-order valence-corrected chi connectivity index (χ1v) is 13.6. The van der Waals surface area contributed by atoms with Crippen molar-refractivity contribution in [3.8, 4) is 5.75 Å². The molecular weight excluding hydrogens is 466 g/mol. The van der Waals surface area contributed by atoms with E-state index < -0.39 is 28.5 Å². The number of nitrogens with zero attached hydrogens (tertiary/aromatic N) is 2. The van der Waals surface area contributed by atoms with Gasteiger partial charge < -0.3 is 15.0 Å². The van der Waals surface area contributed by atoms with E-state index in [2.05, 4.69) is 5.32 Å². The van der Waals surface area contributed by atoms with Gasteiger partial charge in [0.05, 0.1) is 19.1 Å². The van der Waals surface area contributed by atoms with Crippen LogP contribution in [0.2, 0.25) is 0 Å². The zero-order valence-corrected chi connectivity index (χ0v) is 22.3. The van der Waals surface area contributed by atoms with Crippen LogP contribution in [-0.2, 0) is 26.2 Å². The van der Waals surface area contributed by atoms with Gasteiger partial charge in [0.1, 0.15) is 18.3 Å². The van der Waals surface area contributed by atoms with Crippen molar-refractivity contribution in [1.82, 2.24) is 10.2 Å². The Hall–Kier alpha value is -3.07. The smallest absolute Gasteiger partial charge is 0.244 e. The summed E-state index contributed by atoms with van der Waals surface area (Å²) in [5.41, 5.74) is 2.92. The van der Waals surface area contributed by atoms with Crippen molar-refractivity contribution in [3.05, 3.63) is 59.2 Å². The van der Waals surface area contributed by atoms with Gasteiger partial charge in [0.15, 0.2) is 0 Å². The summed E-state index contributed by atoms with van der Waals surface area (Å²) in [5.74, 6) is -0.0904. The summed E-state index contributed by atoms with van der Waals surface area (Å²) in [6, 6.07) is 11.9. The number of carbonyl (C=O) groups is 2. The maximum Gasteiger partial charge on any atom is 0.244 e. The summed E-state index contributed by atoms with van der Waals surface area (Å²) < 4.78 is 32.0. The Balaban J connectivity index is 2.48. The highest BCUT2D eigenvalue weighted by molar-refractivity contribution is 7.92. The Morgan fingerprint density at radius 3 is 2.37 bits per heavy atom. The number of sulfonamides is 1. The highest BCUT2D eigenvalue weighted by atomic mass is 32.2. The van der Waals surface area contributed by atoms with Gasteiger partial charge in [-0.3, -0.25) is 13.9 Å². The molecule has 1 N–H and O–H groups in total. The number of amides is 2. The van der Waals surface area contributed by atoms with Gasteiger partial charge in [-0.2, -0.15) is 0 Å². The Morgan fingerprint density at radius 2 is 1.77 bits per heavy atom. The van der Waals surface area contributed by atoms with Crippen LogP contribution in [0, 0.1) is 13.8 Å². The van der Waals surface area contributed by atoms with Crippen molar-refractivity contribution in [3.63, 3.8) is 0 Å². The summed E-state index contributed by atoms with van der Waals surface area (Å²) in [7, 11) is -2.21. The first kappa shape index (κ1) is 28.2. The van der Waals surface area contributed by atoms with Crippen LogP contribution in [0.25, 0.3) is 0 Å². The summed E-state index contributed by atoms with van der Waals surface area (Å²) >= 11 is 0. The van der Waals surface area contributed by atoms with Gasteiger partial charge in [-0.05, 0) is 61.6 Å². The van der Waals surface area contributed by atoms with Crippen LogP contribution in [0.1, 0.15) is 43.4 Å². The van der Waals surface area contributed by atoms with Gasteiger partial charge in [-0.15, -0.1) is 0 Å². The highest BCUT2D eigenvalue weighted by Crippen LogP contribution is 2.26. The predicted molar refractivity (Wildman–Crippen MR) is 139 cm³/mol. The fourth-order valence-corrected chi connectivity index (χ4v) is 4.75. The normalized spacial score (nSPS) is 12.1. The number of rotatable bonds is 12. The van der Waals surface area contributed by atoms with Gasteiger partial charge in [-0.1, -0.05) is 38.1 Å². The summed E-state index contributed by atoms with van der Waals surface area (Å²) in [5, 5.41) is 2.87. The summed E-state index contributed by atoms with van der Waals surface area (Å²) in [6.45, 7) is 7.73. The lowest BCUT2D eigenvalue weighted by Crippen LogP contribution is -2.52. The maximum absolute atomic E-state index is 13.7. The quantitative estimate of drug-likeness (QED) is 0.479. The van der Waals surface area contributed by atoms with Crippen LogP contribution in [0.4, 0.5) is 5.69 Å². The average Bonchev–Trinajstić information content (AvgIpc) is 2.82. The van der Waals surface area contributed by atoms with Gasteiger partial charge in [-0.25, -0.2) is 8.42 Å². The number of anilines is 1. The Morgan fingerprint density at radius 1 is 1.09 bits per heavy atom. The molecule has 0 saturated heterocycles. The molecule has 192 valence electrons. The minimum atomic E-state index is -3.77. The number of nitrogens with one attached hydrogen (secondary N) is 1. The number of hydrogen-bond acceptors (Lipinski definition) is 5. The standard InChI is InChI=1S/C26H37N3O5S/c1-7-15-27-26(31)23(8-2)28(17-21-12-10-13-22(16-21)34-5)25(30)18-29(35(6,32)33)24-14-9-11-19(3)20(24)4/h9-14,16,23H,7-8,15,17-18H2,1-6H3,(H,27,31)/t23-/m0/s1. The fourth-order valence-electron chi connectivity index (χ4n) is 3.85. The Labute approximate surface area is 209 Å². The van der Waals surface area contributed by atoms with Crippen LogP contribution >= 0.6 is 0 Å². The monoisotopic (exact) mass is 503 g/mol. The second-order valence-electron chi connectivity index (χ2n) is 8.58. The van der Waals surface area contributed by atoms with Crippen molar-refractivity contribution < 1.29 is 22.7 Å². The van der Waals surface area contributed by atoms with Crippen molar-refractivity contribution in [1.29, 1.82) is 0 Å². The van der Waals surface area contributed by atoms with E-state index in [1.54, 1.807) is 31.4 Å². The minimum Gasteiger partial charge on any atom is -0.497 e. The molecule has 1 atom stereocenters. The van der Waals surface area contributed by atoms with Crippen LogP contribution in [0.3, 0.4) is 0 Å². The molecule has 2 amide bonds. The predicted octanol–water partition coefficient (Wildman–Crippen LogP) is 3.41. The van der Waals surface area contributed by atoms with E-state index in [4.69, 9.17) is 4.74 Å². The zero-order chi connectivity index (χ0) is 26.2. The molecule has 0 bridgehead atoms. The number of hydrogen-bond donors (Lipinski definition) is 1. The van der Waals surface area contributed by atoms with E-state index >= 15 is 0 Å². The van der Waals surface area contributed by atoms with E-state index in [1.807, 2.05) is 45.9 Å². The van der Waals surface area contributed by atoms with Gasteiger partial charge >= 0.3 is 0 Å². The van der Waals surface area contributed by atoms with Gasteiger partial charge in [0.2, 0.25) is 21.8 Å². The van der Waals surface area contributed by atoms with Crippen LogP contribution in [0.5, 0.6) is 5.75 Å². The zero-order valence-electron chi connectivity index (χ0n) is 21.5. The molecule has 35 heavy (non-hydrogen) atoms. The molecule has 2 rings (SSSR count). The number of aryl methyl sites for hydroxylation is 1. The lowest BCUT2D eigenvalue weighted by molar-refractivity contribution is -0.140. The molecular formula is C26H37N3O5S. The van der Waals surface area contributed by atoms with E-state index in [-0.39, 0.29) is 12.5 Å². The topological polar surface area (TPSA) is 96.0 Å². The molecule has 0 aliphatic heterocycles. The molecule has 0 spiro atoms. The number of benzene rings is 2. The molecule has 0 saturated carbocycles. The third-order valence-corrected chi connectivity index (χ3v) is 7.07. The van der Waals surface area contributed by atoms with Crippen LogP contribution in [-0.4, -0.2) is 57.6 Å². The molecule has 2 aromatic carbocycles. The number of methoxy groups -OCH3 is 1. The van der Waals surface area contributed by atoms with Crippen molar-refractivity contribution in [2.45, 2.75) is 53.1 Å². The molecule has 0 aromatic heterocycles. The summed E-state index contributed by atoms with van der Waals surface area (Å²) in [4.78, 5) is 28.2.